The molecule has 240 valence electrons. The van der Waals surface area contributed by atoms with Crippen LogP contribution in [0.5, 0.6) is 0 Å². The SMILES string of the molecule is CC#CC#CC#CC#CC#CC#CC#CC#CC(=O)OCC(COP(=O)([O-])OCC[NH3+])OC(=O)C#CC#CC#CC#CC#CC#CC#CC#CC. The van der Waals surface area contributed by atoms with Crippen LogP contribution in [0.25, 0.3) is 0 Å². The quantitative estimate of drug-likeness (QED) is 0.131. The van der Waals surface area contributed by atoms with Gasteiger partial charge in [0.05, 0.1) is 13.2 Å². The van der Waals surface area contributed by atoms with Crippen LogP contribution in [0.1, 0.15) is 13.8 Å². The molecule has 3 N–H and O–H groups in total. The van der Waals surface area contributed by atoms with Gasteiger partial charge in [0.2, 0.25) is 0 Å². The summed E-state index contributed by atoms with van der Waals surface area (Å²) in [4.78, 5) is 35.9. The first kappa shape index (κ1) is 43.0. The van der Waals surface area contributed by atoms with Gasteiger partial charge in [0, 0.05) is 11.8 Å². The third kappa shape index (κ3) is 31.7. The predicted octanol–water partition coefficient (Wildman–Crippen LogP) is -1.72. The van der Waals surface area contributed by atoms with Crippen LogP contribution in [0.2, 0.25) is 0 Å². The molecule has 0 aromatic heterocycles. The smallest absolute Gasteiger partial charge is 0.385 e. The van der Waals surface area contributed by atoms with Crippen molar-refractivity contribution in [2.45, 2.75) is 20.0 Å². The Balaban J connectivity index is 5.26. The fourth-order valence-corrected chi connectivity index (χ4v) is 2.71. The number of rotatable bonds is 9. The number of quaternary nitrogens is 1. The Morgan fingerprint density at radius 3 is 1.22 bits per heavy atom. The van der Waals surface area contributed by atoms with Gasteiger partial charge in [-0.2, -0.15) is 0 Å². The van der Waals surface area contributed by atoms with Crippen LogP contribution >= 0.6 is 7.82 Å². The van der Waals surface area contributed by atoms with E-state index in [4.69, 9.17) is 9.47 Å². The van der Waals surface area contributed by atoms with Gasteiger partial charge in [0.25, 0.3) is 7.82 Å². The van der Waals surface area contributed by atoms with Crippen LogP contribution in [0.3, 0.4) is 0 Å². The molecule has 2 unspecified atom stereocenters. The zero-order chi connectivity index (χ0) is 37.5. The van der Waals surface area contributed by atoms with Gasteiger partial charge in [-0.25, -0.2) is 9.59 Å². The van der Waals surface area contributed by atoms with Crippen molar-refractivity contribution >= 4 is 19.8 Å². The summed E-state index contributed by atoms with van der Waals surface area (Å²) in [6.45, 7) is 1.78. The lowest BCUT2D eigenvalue weighted by Gasteiger charge is -2.24. The van der Waals surface area contributed by atoms with E-state index in [0.717, 1.165) is 0 Å². The van der Waals surface area contributed by atoms with E-state index in [1.165, 1.54) is 0 Å². The summed E-state index contributed by atoms with van der Waals surface area (Å²) in [5.74, 6) is 74.5. The van der Waals surface area contributed by atoms with Crippen molar-refractivity contribution in [1.29, 1.82) is 0 Å². The van der Waals surface area contributed by atoms with Crippen molar-refractivity contribution in [3.63, 3.8) is 0 Å². The Hall–Kier alpha value is -8.03. The topological polar surface area (TPSA) is 139 Å². The maximum atomic E-state index is 12.1. The molecule has 0 fully saturated rings. The molecule has 0 saturated carbocycles. The lowest BCUT2D eigenvalue weighted by molar-refractivity contribution is -0.373. The molecule has 0 heterocycles. The van der Waals surface area contributed by atoms with E-state index in [-0.39, 0.29) is 13.2 Å². The number of carbonyl (C=O) groups is 2. The van der Waals surface area contributed by atoms with E-state index in [0.29, 0.717) is 0 Å². The maximum Gasteiger partial charge on any atom is 0.385 e. The Bertz CT molecular complexity index is 2450. The zero-order valence-corrected chi connectivity index (χ0v) is 27.7. The number of hydrogen-bond donors (Lipinski definition) is 1. The maximum absolute atomic E-state index is 12.1. The first-order valence-corrected chi connectivity index (χ1v) is 14.9. The highest BCUT2D eigenvalue weighted by atomic mass is 31.2. The molecule has 9 nitrogen and oxygen atoms in total. The molecule has 51 heavy (non-hydrogen) atoms. The van der Waals surface area contributed by atoms with E-state index < -0.39 is 39.1 Å². The summed E-state index contributed by atoms with van der Waals surface area (Å²) in [6, 6.07) is 0. The molecule has 0 aliphatic rings. The van der Waals surface area contributed by atoms with Gasteiger partial charge in [-0.1, -0.05) is 11.8 Å². The van der Waals surface area contributed by atoms with Crippen molar-refractivity contribution in [2.75, 3.05) is 26.4 Å². The minimum atomic E-state index is -4.78. The van der Waals surface area contributed by atoms with Gasteiger partial charge >= 0.3 is 11.9 Å². The first-order valence-electron chi connectivity index (χ1n) is 13.5. The molecule has 0 rings (SSSR count). The largest absolute Gasteiger partial charge is 0.756 e. The minimum absolute atomic E-state index is 0.145. The Labute approximate surface area is 298 Å². The van der Waals surface area contributed by atoms with Gasteiger partial charge < -0.3 is 29.1 Å². The Morgan fingerprint density at radius 2 is 0.863 bits per heavy atom. The average Bonchev–Trinajstić information content (AvgIpc) is 3.11. The third-order valence-corrected chi connectivity index (χ3v) is 4.65. The summed E-state index contributed by atoms with van der Waals surface area (Å²) in [6.07, 6.45) is -1.43. The zero-order valence-electron chi connectivity index (χ0n) is 26.8. The number of hydrogen-bond acceptors (Lipinski definition) is 8. The number of carbonyl (C=O) groups excluding carboxylic acids is 2. The normalized spacial score (nSPS) is 8.24. The molecule has 0 aliphatic carbocycles. The van der Waals surface area contributed by atoms with Crippen molar-refractivity contribution in [3.05, 3.63) is 0 Å². The number of ether oxygens (including phenoxy) is 2. The van der Waals surface area contributed by atoms with Crippen LogP contribution in [0.4, 0.5) is 0 Å². The summed E-state index contributed by atoms with van der Waals surface area (Å²) < 4.78 is 31.0. The molecule has 10 heteroatoms. The van der Waals surface area contributed by atoms with Gasteiger partial charge in [-0.3, -0.25) is 4.57 Å². The van der Waals surface area contributed by atoms with E-state index in [9.17, 15) is 19.0 Å². The Morgan fingerprint density at radius 1 is 0.529 bits per heavy atom. The molecule has 0 aliphatic heterocycles. The number of phosphoric ester groups is 1. The van der Waals surface area contributed by atoms with Gasteiger partial charge in [-0.15, -0.1) is 0 Å². The molecule has 2 atom stereocenters. The highest BCUT2D eigenvalue weighted by Crippen LogP contribution is 2.37. The van der Waals surface area contributed by atoms with Crippen LogP contribution in [0, 0.1) is 189 Å². The van der Waals surface area contributed by atoms with E-state index in [1.807, 2.05) is 5.92 Å². The summed E-state index contributed by atoms with van der Waals surface area (Å²) in [7, 11) is -4.78. The second-order valence-corrected chi connectivity index (χ2v) is 8.72. The molecule has 0 bridgehead atoms. The van der Waals surface area contributed by atoms with Crippen LogP contribution in [-0.4, -0.2) is 44.4 Å². The van der Waals surface area contributed by atoms with Crippen LogP contribution in [-0.2, 0) is 32.7 Å². The fraction of sp³-hybridized carbons (Fsp3) is 0.171. The van der Waals surface area contributed by atoms with Crippen molar-refractivity contribution < 1.29 is 43.3 Å². The molecular weight excluding hydrogens is 665 g/mol. The van der Waals surface area contributed by atoms with Gasteiger partial charge in [0.15, 0.2) is 6.10 Å². The Kier molecular flexibility index (Phi) is 26.9. The molecule has 0 spiro atoms. The first-order chi connectivity index (χ1) is 24.8. The predicted molar refractivity (Wildman–Crippen MR) is 184 cm³/mol. The average molecular weight is 684 g/mol. The van der Waals surface area contributed by atoms with Crippen LogP contribution in [0.15, 0.2) is 0 Å². The summed E-state index contributed by atoms with van der Waals surface area (Å²) in [5.41, 5.74) is 3.45. The molecular formula is C41H18NO8P. The standard InChI is InChI=1S/C41H18NO8P/c1-3-5-7-9-11-13-15-17-19-21-23-25-27-29-31-33-40(43)47-37-39(38-49-51(45,46)48-36-35-42)50-41(44)34-32-30-28-26-24-22-20-18-16-14-12-10-8-6-4-2/h39H,35-38,42H2,1-2H3,(H,45,46). The van der Waals surface area contributed by atoms with Gasteiger partial charge in [-0.05, 0) is 180 Å². The second-order valence-electron chi connectivity index (χ2n) is 7.31. The minimum Gasteiger partial charge on any atom is -0.756 e. The summed E-state index contributed by atoms with van der Waals surface area (Å²) >= 11 is 0. The van der Waals surface area contributed by atoms with E-state index in [1.54, 1.807) is 13.8 Å². The monoisotopic (exact) mass is 683 g/mol. The van der Waals surface area contributed by atoms with Crippen LogP contribution < -0.4 is 10.6 Å². The van der Waals surface area contributed by atoms with Crippen molar-refractivity contribution in [2.24, 2.45) is 0 Å². The number of esters is 2. The molecule has 0 amide bonds. The summed E-state index contributed by atoms with van der Waals surface area (Å²) in [5, 5.41) is 0. The van der Waals surface area contributed by atoms with E-state index >= 15 is 0 Å². The van der Waals surface area contributed by atoms with Crippen molar-refractivity contribution in [1.82, 2.24) is 0 Å². The number of phosphoric acid groups is 1. The third-order valence-electron chi connectivity index (χ3n) is 3.69. The molecule has 0 aromatic rings. The highest BCUT2D eigenvalue weighted by molar-refractivity contribution is 7.45. The molecule has 0 aromatic carbocycles. The molecule has 0 saturated heterocycles. The lowest BCUT2D eigenvalue weighted by atomic mass is 10.4. The fourth-order valence-electron chi connectivity index (χ4n) is 1.93. The second kappa shape index (κ2) is 31.9. The van der Waals surface area contributed by atoms with Crippen molar-refractivity contribution in [3.8, 4) is 189 Å². The highest BCUT2D eigenvalue weighted by Gasteiger charge is 2.20. The van der Waals surface area contributed by atoms with Gasteiger partial charge in [0.1, 0.15) is 13.2 Å². The lowest BCUT2D eigenvalue weighted by Crippen LogP contribution is -2.52. The molecule has 0 radical (unpaired) electrons. The van der Waals surface area contributed by atoms with E-state index in [2.05, 4.69) is 198 Å².